The predicted molar refractivity (Wildman–Crippen MR) is 88.2 cm³/mol. The average molecular weight is 313 g/mol. The van der Waals surface area contributed by atoms with E-state index in [-0.39, 0.29) is 0 Å². The molecular weight excluding hydrogens is 286 g/mol. The quantitative estimate of drug-likeness (QED) is 0.733. The van der Waals surface area contributed by atoms with Crippen LogP contribution in [0.5, 0.6) is 0 Å². The number of likely N-dealkylation sites (N-methyl/N-ethyl adjacent to an activating group) is 1. The fourth-order valence-corrected chi connectivity index (χ4v) is 3.24. The maximum absolute atomic E-state index is 12.1. The molecule has 120 valence electrons. The van der Waals surface area contributed by atoms with Gasteiger partial charge in [-0.2, -0.15) is 0 Å². The maximum atomic E-state index is 12.1. The van der Waals surface area contributed by atoms with Gasteiger partial charge in [-0.1, -0.05) is 26.0 Å². The van der Waals surface area contributed by atoms with Crippen molar-refractivity contribution in [1.29, 1.82) is 0 Å². The zero-order valence-corrected chi connectivity index (χ0v) is 14.2. The van der Waals surface area contributed by atoms with Gasteiger partial charge in [-0.3, -0.25) is 0 Å². The van der Waals surface area contributed by atoms with Gasteiger partial charge >= 0.3 is 0 Å². The van der Waals surface area contributed by atoms with Gasteiger partial charge < -0.3 is 10.2 Å². The minimum absolute atomic E-state index is 0.304. The second kappa shape index (κ2) is 8.36. The van der Waals surface area contributed by atoms with Crippen LogP contribution in [-0.4, -0.2) is 46.0 Å². The molecule has 0 spiro atoms. The molecule has 0 aliphatic heterocycles. The zero-order valence-electron chi connectivity index (χ0n) is 13.4. The van der Waals surface area contributed by atoms with E-state index in [1.54, 1.807) is 25.1 Å². The van der Waals surface area contributed by atoms with Crippen molar-refractivity contribution < 1.29 is 8.42 Å². The summed E-state index contributed by atoms with van der Waals surface area (Å²) in [6.07, 6.45) is 1.10. The molecule has 0 aromatic heterocycles. The molecule has 0 saturated heterocycles. The SMILES string of the molecule is CCNS(=O)(=O)c1ccccc1NCCN(C)C(C)CC. The van der Waals surface area contributed by atoms with E-state index in [1.165, 1.54) is 0 Å². The van der Waals surface area contributed by atoms with Crippen molar-refractivity contribution in [3.8, 4) is 0 Å². The smallest absolute Gasteiger partial charge is 0.242 e. The Bertz CT molecular complexity index is 531. The van der Waals surface area contributed by atoms with Gasteiger partial charge in [0.1, 0.15) is 4.90 Å². The number of rotatable bonds is 9. The number of para-hydroxylation sites is 1. The first kappa shape index (κ1) is 17.9. The van der Waals surface area contributed by atoms with E-state index >= 15 is 0 Å². The van der Waals surface area contributed by atoms with E-state index < -0.39 is 10.0 Å². The molecule has 0 heterocycles. The van der Waals surface area contributed by atoms with Crippen LogP contribution < -0.4 is 10.0 Å². The summed E-state index contributed by atoms with van der Waals surface area (Å²) in [6, 6.07) is 7.52. The van der Waals surface area contributed by atoms with Gasteiger partial charge in [-0.15, -0.1) is 0 Å². The number of nitrogens with one attached hydrogen (secondary N) is 2. The molecule has 21 heavy (non-hydrogen) atoms. The molecule has 0 aliphatic rings. The van der Waals surface area contributed by atoms with Crippen molar-refractivity contribution in [1.82, 2.24) is 9.62 Å². The Kier molecular flexibility index (Phi) is 7.14. The number of benzene rings is 1. The van der Waals surface area contributed by atoms with Gasteiger partial charge in [0.2, 0.25) is 10.0 Å². The van der Waals surface area contributed by atoms with Crippen LogP contribution in [0.25, 0.3) is 0 Å². The van der Waals surface area contributed by atoms with Crippen molar-refractivity contribution in [2.24, 2.45) is 0 Å². The molecule has 2 N–H and O–H groups in total. The largest absolute Gasteiger partial charge is 0.383 e. The third-order valence-electron chi connectivity index (χ3n) is 3.63. The molecule has 5 nitrogen and oxygen atoms in total. The van der Waals surface area contributed by atoms with Gasteiger partial charge in [0.15, 0.2) is 0 Å². The summed E-state index contributed by atoms with van der Waals surface area (Å²) in [5.74, 6) is 0. The summed E-state index contributed by atoms with van der Waals surface area (Å²) in [5, 5.41) is 3.23. The molecule has 1 rings (SSSR count). The highest BCUT2D eigenvalue weighted by atomic mass is 32.2. The molecule has 1 atom stereocenters. The van der Waals surface area contributed by atoms with Crippen LogP contribution in [0.3, 0.4) is 0 Å². The van der Waals surface area contributed by atoms with E-state index in [1.807, 2.05) is 6.07 Å². The molecule has 1 aromatic rings. The van der Waals surface area contributed by atoms with Crippen molar-refractivity contribution in [3.63, 3.8) is 0 Å². The van der Waals surface area contributed by atoms with Crippen molar-refractivity contribution in [3.05, 3.63) is 24.3 Å². The monoisotopic (exact) mass is 313 g/mol. The molecule has 1 aromatic carbocycles. The Hall–Kier alpha value is -1.11. The van der Waals surface area contributed by atoms with Gasteiger partial charge in [-0.25, -0.2) is 13.1 Å². The molecule has 0 radical (unpaired) electrons. The van der Waals surface area contributed by atoms with Crippen LogP contribution >= 0.6 is 0 Å². The van der Waals surface area contributed by atoms with E-state index in [9.17, 15) is 8.42 Å². The summed E-state index contributed by atoms with van der Waals surface area (Å²) < 4.78 is 26.8. The first-order valence-corrected chi connectivity index (χ1v) is 8.93. The molecule has 0 bridgehead atoms. The summed E-state index contributed by atoms with van der Waals surface area (Å²) in [5.41, 5.74) is 0.649. The minimum Gasteiger partial charge on any atom is -0.383 e. The molecular formula is C15H27N3O2S. The molecule has 0 fully saturated rings. The number of nitrogens with zero attached hydrogens (tertiary/aromatic N) is 1. The van der Waals surface area contributed by atoms with Crippen molar-refractivity contribution in [2.75, 3.05) is 32.0 Å². The Labute approximate surface area is 128 Å². The standard InChI is InChI=1S/C15H27N3O2S/c1-5-13(3)18(4)12-11-16-14-9-7-8-10-15(14)21(19,20)17-6-2/h7-10,13,16-17H,5-6,11-12H2,1-4H3. The minimum atomic E-state index is -3.44. The normalized spacial score (nSPS) is 13.4. The van der Waals surface area contributed by atoms with E-state index in [0.29, 0.717) is 29.7 Å². The third-order valence-corrected chi connectivity index (χ3v) is 5.24. The number of hydrogen-bond donors (Lipinski definition) is 2. The number of sulfonamides is 1. The fourth-order valence-electron chi connectivity index (χ4n) is 2.01. The summed E-state index contributed by atoms with van der Waals surface area (Å²) >= 11 is 0. The lowest BCUT2D eigenvalue weighted by molar-refractivity contribution is 0.261. The highest BCUT2D eigenvalue weighted by Crippen LogP contribution is 2.20. The van der Waals surface area contributed by atoms with Gasteiger partial charge in [0, 0.05) is 25.7 Å². The highest BCUT2D eigenvalue weighted by Gasteiger charge is 2.16. The first-order chi connectivity index (χ1) is 9.92. The lowest BCUT2D eigenvalue weighted by Gasteiger charge is -2.24. The molecule has 0 saturated carbocycles. The molecule has 0 aliphatic carbocycles. The molecule has 6 heteroatoms. The summed E-state index contributed by atoms with van der Waals surface area (Å²) in [7, 11) is -1.36. The predicted octanol–water partition coefficient (Wildman–Crippen LogP) is 2.13. The van der Waals surface area contributed by atoms with Crippen LogP contribution in [0.4, 0.5) is 5.69 Å². The number of anilines is 1. The zero-order chi connectivity index (χ0) is 15.9. The van der Waals surface area contributed by atoms with Crippen LogP contribution in [0, 0.1) is 0 Å². The topological polar surface area (TPSA) is 61.4 Å². The fraction of sp³-hybridized carbons (Fsp3) is 0.600. The van der Waals surface area contributed by atoms with Crippen molar-refractivity contribution in [2.45, 2.75) is 38.1 Å². The highest BCUT2D eigenvalue weighted by molar-refractivity contribution is 7.89. The Morgan fingerprint density at radius 3 is 2.52 bits per heavy atom. The Morgan fingerprint density at radius 1 is 1.24 bits per heavy atom. The molecule has 1 unspecified atom stereocenters. The van der Waals surface area contributed by atoms with E-state index in [4.69, 9.17) is 0 Å². The maximum Gasteiger partial charge on any atom is 0.242 e. The van der Waals surface area contributed by atoms with Crippen LogP contribution in [0.1, 0.15) is 27.2 Å². The molecule has 0 amide bonds. The van der Waals surface area contributed by atoms with Crippen LogP contribution in [-0.2, 0) is 10.0 Å². The van der Waals surface area contributed by atoms with Crippen molar-refractivity contribution >= 4 is 15.7 Å². The third kappa shape index (κ3) is 5.30. The Balaban J connectivity index is 2.73. The number of hydrogen-bond acceptors (Lipinski definition) is 4. The van der Waals surface area contributed by atoms with Gasteiger partial charge in [-0.05, 0) is 32.5 Å². The summed E-state index contributed by atoms with van der Waals surface area (Å²) in [4.78, 5) is 2.56. The van der Waals surface area contributed by atoms with E-state index in [2.05, 4.69) is 35.8 Å². The van der Waals surface area contributed by atoms with Crippen LogP contribution in [0.15, 0.2) is 29.2 Å². The van der Waals surface area contributed by atoms with E-state index in [0.717, 1.165) is 13.0 Å². The first-order valence-electron chi connectivity index (χ1n) is 7.45. The lowest BCUT2D eigenvalue weighted by Crippen LogP contribution is -2.33. The summed E-state index contributed by atoms with van der Waals surface area (Å²) in [6.45, 7) is 8.07. The van der Waals surface area contributed by atoms with Crippen LogP contribution in [0.2, 0.25) is 0 Å². The second-order valence-corrected chi connectivity index (χ2v) is 6.90. The second-order valence-electron chi connectivity index (χ2n) is 5.16. The average Bonchev–Trinajstić information content (AvgIpc) is 2.46. The van der Waals surface area contributed by atoms with Gasteiger partial charge in [0.25, 0.3) is 0 Å². The van der Waals surface area contributed by atoms with Gasteiger partial charge in [0.05, 0.1) is 5.69 Å². The lowest BCUT2D eigenvalue weighted by atomic mass is 10.2. The Morgan fingerprint density at radius 2 is 1.90 bits per heavy atom.